The van der Waals surface area contributed by atoms with E-state index in [1.54, 1.807) is 6.08 Å². The number of unbranched alkanes of at least 4 members (excludes halogenated alkanes) is 49. The van der Waals surface area contributed by atoms with Crippen molar-refractivity contribution >= 4 is 5.91 Å². The molecule has 0 saturated heterocycles. The van der Waals surface area contributed by atoms with E-state index in [0.29, 0.717) is 6.42 Å². The molecule has 1 amide bonds. The summed E-state index contributed by atoms with van der Waals surface area (Å²) in [6, 6.07) is -0.624. The Bertz CT molecular complexity index is 1250. The minimum atomic E-state index is -0.841. The lowest BCUT2D eigenvalue weighted by Gasteiger charge is -2.20. The van der Waals surface area contributed by atoms with Crippen molar-refractivity contribution in [3.8, 4) is 0 Å². The van der Waals surface area contributed by atoms with Gasteiger partial charge in [-0.3, -0.25) is 4.79 Å². The first kappa shape index (κ1) is 74.1. The summed E-state index contributed by atoms with van der Waals surface area (Å²) < 4.78 is 0. The van der Waals surface area contributed by atoms with Crippen LogP contribution in [0.2, 0.25) is 0 Å². The van der Waals surface area contributed by atoms with Crippen molar-refractivity contribution in [3.05, 3.63) is 60.8 Å². The van der Waals surface area contributed by atoms with Gasteiger partial charge in [-0.1, -0.05) is 370 Å². The van der Waals surface area contributed by atoms with Crippen LogP contribution in [0.15, 0.2) is 60.8 Å². The molecular weight excluding hydrogens is 927 g/mol. The molecule has 76 heavy (non-hydrogen) atoms. The first-order chi connectivity index (χ1) is 37.7. The average Bonchev–Trinajstić information content (AvgIpc) is 3.42. The molecule has 0 bridgehead atoms. The van der Waals surface area contributed by atoms with E-state index in [4.69, 9.17) is 0 Å². The van der Waals surface area contributed by atoms with Crippen LogP contribution >= 0.6 is 0 Å². The SMILES string of the molecule is CC/C=C\C/C=C\C/C=C\C/C=C\CCCCCCCCCCCCCCCCCCCCCCC(=O)NC(CO)C(O)/C=C/CCCCCCCCCCCCCCCCCCCCCCCCCCCCCCC. The van der Waals surface area contributed by atoms with Crippen LogP contribution in [0.4, 0.5) is 0 Å². The molecule has 0 saturated carbocycles. The van der Waals surface area contributed by atoms with Crippen molar-refractivity contribution in [2.45, 2.75) is 386 Å². The molecule has 3 N–H and O–H groups in total. The van der Waals surface area contributed by atoms with Gasteiger partial charge in [0.15, 0.2) is 0 Å². The number of amides is 1. The molecule has 2 unspecified atom stereocenters. The topological polar surface area (TPSA) is 69.6 Å². The van der Waals surface area contributed by atoms with E-state index in [1.807, 2.05) is 6.08 Å². The molecule has 0 rings (SSSR count). The van der Waals surface area contributed by atoms with Gasteiger partial charge in [0.05, 0.1) is 18.8 Å². The van der Waals surface area contributed by atoms with E-state index in [1.165, 1.54) is 302 Å². The van der Waals surface area contributed by atoms with Crippen molar-refractivity contribution in [2.75, 3.05) is 6.61 Å². The van der Waals surface area contributed by atoms with Crippen molar-refractivity contribution in [3.63, 3.8) is 0 Å². The zero-order valence-corrected chi connectivity index (χ0v) is 51.5. The summed E-state index contributed by atoms with van der Waals surface area (Å²) in [4.78, 5) is 12.5. The van der Waals surface area contributed by atoms with Crippen LogP contribution < -0.4 is 5.32 Å². The Hall–Kier alpha value is -1.91. The quantitative estimate of drug-likeness (QED) is 0.0420. The van der Waals surface area contributed by atoms with E-state index < -0.39 is 12.1 Å². The van der Waals surface area contributed by atoms with Crippen LogP contribution in [0.3, 0.4) is 0 Å². The summed E-state index contributed by atoms with van der Waals surface area (Å²) in [5.41, 5.74) is 0. The van der Waals surface area contributed by atoms with E-state index >= 15 is 0 Å². The van der Waals surface area contributed by atoms with Crippen LogP contribution in [0.5, 0.6) is 0 Å². The number of carbonyl (C=O) groups excluding carboxylic acids is 1. The molecule has 4 nitrogen and oxygen atoms in total. The van der Waals surface area contributed by atoms with Gasteiger partial charge in [0.1, 0.15) is 0 Å². The highest BCUT2D eigenvalue weighted by Gasteiger charge is 2.18. The molecule has 0 aromatic heterocycles. The van der Waals surface area contributed by atoms with Crippen LogP contribution in [-0.4, -0.2) is 34.9 Å². The number of carbonyl (C=O) groups is 1. The molecule has 0 fully saturated rings. The summed E-state index contributed by atoms with van der Waals surface area (Å²) in [6.07, 6.45) is 95.9. The summed E-state index contributed by atoms with van der Waals surface area (Å²) >= 11 is 0. The molecular formula is C72H135NO3. The normalized spacial score (nSPS) is 13.1. The lowest BCUT2D eigenvalue weighted by molar-refractivity contribution is -0.123. The van der Waals surface area contributed by atoms with Crippen LogP contribution in [0.25, 0.3) is 0 Å². The fourth-order valence-corrected chi connectivity index (χ4v) is 10.8. The Morgan fingerprint density at radius 3 is 0.868 bits per heavy atom. The Labute approximate surface area is 477 Å². The zero-order chi connectivity index (χ0) is 54.8. The van der Waals surface area contributed by atoms with Crippen LogP contribution in [-0.2, 0) is 4.79 Å². The second kappa shape index (κ2) is 67.4. The van der Waals surface area contributed by atoms with Crippen molar-refractivity contribution in [1.82, 2.24) is 5.32 Å². The van der Waals surface area contributed by atoms with Gasteiger partial charge in [-0.15, -0.1) is 0 Å². The molecule has 0 heterocycles. The largest absolute Gasteiger partial charge is 0.394 e. The summed E-state index contributed by atoms with van der Waals surface area (Å²) in [6.45, 7) is 4.24. The third-order valence-electron chi connectivity index (χ3n) is 16.0. The maximum atomic E-state index is 12.5. The van der Waals surface area contributed by atoms with Gasteiger partial charge in [0, 0.05) is 6.42 Å². The van der Waals surface area contributed by atoms with E-state index in [2.05, 4.69) is 67.8 Å². The van der Waals surface area contributed by atoms with Gasteiger partial charge in [-0.05, 0) is 57.8 Å². The second-order valence-electron chi connectivity index (χ2n) is 23.6. The Balaban J connectivity index is 3.43. The number of aliphatic hydroxyl groups excluding tert-OH is 2. The third kappa shape index (κ3) is 62.9. The Morgan fingerprint density at radius 1 is 0.329 bits per heavy atom. The second-order valence-corrected chi connectivity index (χ2v) is 23.6. The highest BCUT2D eigenvalue weighted by molar-refractivity contribution is 5.76. The summed E-state index contributed by atoms with van der Waals surface area (Å²) in [5.74, 6) is -0.0576. The van der Waals surface area contributed by atoms with E-state index in [9.17, 15) is 15.0 Å². The first-order valence-corrected chi connectivity index (χ1v) is 34.5. The minimum absolute atomic E-state index is 0.0576. The van der Waals surface area contributed by atoms with Crippen molar-refractivity contribution < 1.29 is 15.0 Å². The number of hydrogen-bond donors (Lipinski definition) is 3. The van der Waals surface area contributed by atoms with Gasteiger partial charge in [-0.25, -0.2) is 0 Å². The van der Waals surface area contributed by atoms with Crippen molar-refractivity contribution in [1.29, 1.82) is 0 Å². The molecule has 4 heteroatoms. The smallest absolute Gasteiger partial charge is 0.220 e. The summed E-state index contributed by atoms with van der Waals surface area (Å²) in [7, 11) is 0. The molecule has 0 aliphatic rings. The Kier molecular flexibility index (Phi) is 65.7. The van der Waals surface area contributed by atoms with Gasteiger partial charge in [-0.2, -0.15) is 0 Å². The zero-order valence-electron chi connectivity index (χ0n) is 51.5. The van der Waals surface area contributed by atoms with Crippen LogP contribution in [0, 0.1) is 0 Å². The Morgan fingerprint density at radius 2 is 0.579 bits per heavy atom. The van der Waals surface area contributed by atoms with E-state index in [-0.39, 0.29) is 12.5 Å². The van der Waals surface area contributed by atoms with Gasteiger partial charge >= 0.3 is 0 Å². The number of hydrogen-bond acceptors (Lipinski definition) is 3. The maximum Gasteiger partial charge on any atom is 0.220 e. The lowest BCUT2D eigenvalue weighted by atomic mass is 10.0. The first-order valence-electron chi connectivity index (χ1n) is 34.5. The highest BCUT2D eigenvalue weighted by atomic mass is 16.3. The number of nitrogens with one attached hydrogen (secondary N) is 1. The molecule has 0 aliphatic heterocycles. The monoisotopic (exact) mass is 1060 g/mol. The summed E-state index contributed by atoms with van der Waals surface area (Å²) in [5, 5.41) is 23.3. The predicted octanol–water partition coefficient (Wildman–Crippen LogP) is 23.5. The predicted molar refractivity (Wildman–Crippen MR) is 341 cm³/mol. The molecule has 0 aliphatic carbocycles. The van der Waals surface area contributed by atoms with Crippen LogP contribution in [0.1, 0.15) is 373 Å². The highest BCUT2D eigenvalue weighted by Crippen LogP contribution is 2.19. The van der Waals surface area contributed by atoms with Crippen molar-refractivity contribution in [2.24, 2.45) is 0 Å². The van der Waals surface area contributed by atoms with Gasteiger partial charge < -0.3 is 15.5 Å². The van der Waals surface area contributed by atoms with Gasteiger partial charge in [0.2, 0.25) is 5.91 Å². The number of allylic oxidation sites excluding steroid dienone is 9. The maximum absolute atomic E-state index is 12.5. The van der Waals surface area contributed by atoms with Gasteiger partial charge in [0.25, 0.3) is 0 Å². The number of aliphatic hydroxyl groups is 2. The molecule has 2 atom stereocenters. The molecule has 446 valence electrons. The molecule has 0 radical (unpaired) electrons. The lowest BCUT2D eigenvalue weighted by Crippen LogP contribution is -2.45. The fraction of sp³-hybridized carbons (Fsp3) is 0.847. The standard InChI is InChI=1S/C72H135NO3/c1-3-5-7-9-11-13-15-17-19-21-23-25-27-29-31-33-35-36-38-40-42-44-46-48-50-52-54-56-58-60-62-64-66-68-72(76)73-70(69-74)71(75)67-65-63-61-59-57-55-53-51-49-47-45-43-41-39-37-34-32-30-28-26-24-22-20-18-16-14-12-10-8-6-4-2/h5,7,11,13,17,19,23,25,65,67,70-71,74-75H,3-4,6,8-10,12,14-16,18,20-22,24,26-64,66,68-69H2,1-2H3,(H,73,76)/b7-5-,13-11-,19-17-,25-23-,67-65+. The molecule has 0 aromatic rings. The minimum Gasteiger partial charge on any atom is -0.394 e. The van der Waals surface area contributed by atoms with E-state index in [0.717, 1.165) is 51.4 Å². The average molecular weight is 1060 g/mol. The molecule has 0 spiro atoms. The number of rotatable bonds is 64. The molecule has 0 aromatic carbocycles. The third-order valence-corrected chi connectivity index (χ3v) is 16.0. The fourth-order valence-electron chi connectivity index (χ4n) is 10.8.